The summed E-state index contributed by atoms with van der Waals surface area (Å²) in [5, 5.41) is 0. The number of ether oxygens (including phenoxy) is 2. The van der Waals surface area contributed by atoms with Crippen molar-refractivity contribution >= 4 is 0 Å². The van der Waals surface area contributed by atoms with Crippen molar-refractivity contribution in [3.8, 4) is 5.75 Å². The van der Waals surface area contributed by atoms with Gasteiger partial charge in [-0.25, -0.2) is 0 Å². The number of hydrogen-bond acceptors (Lipinski definition) is 4. The van der Waals surface area contributed by atoms with Crippen LogP contribution in [-0.2, 0) is 11.3 Å². The first-order chi connectivity index (χ1) is 9.60. The van der Waals surface area contributed by atoms with Gasteiger partial charge in [0.05, 0.1) is 13.7 Å². The van der Waals surface area contributed by atoms with Gasteiger partial charge in [0.2, 0.25) is 0 Å². The molecule has 2 rings (SSSR count). The van der Waals surface area contributed by atoms with Crippen molar-refractivity contribution in [3.63, 3.8) is 0 Å². The molecule has 0 saturated carbocycles. The highest BCUT2D eigenvalue weighted by Crippen LogP contribution is 2.31. The van der Waals surface area contributed by atoms with Crippen molar-refractivity contribution in [2.24, 2.45) is 11.7 Å². The quantitative estimate of drug-likeness (QED) is 0.863. The molecular weight excluding hydrogens is 252 g/mol. The van der Waals surface area contributed by atoms with Crippen LogP contribution in [0.4, 0.5) is 0 Å². The van der Waals surface area contributed by atoms with Crippen LogP contribution in [0.5, 0.6) is 5.75 Å². The molecule has 1 fully saturated rings. The van der Waals surface area contributed by atoms with Crippen molar-refractivity contribution < 1.29 is 9.47 Å². The van der Waals surface area contributed by atoms with E-state index in [1.54, 1.807) is 7.11 Å². The molecule has 1 aliphatic heterocycles. The first-order valence-electron chi connectivity index (χ1n) is 7.22. The van der Waals surface area contributed by atoms with Crippen LogP contribution in [0.2, 0.25) is 0 Å². The summed E-state index contributed by atoms with van der Waals surface area (Å²) in [6, 6.07) is 8.20. The van der Waals surface area contributed by atoms with E-state index in [4.69, 9.17) is 15.2 Å². The van der Waals surface area contributed by atoms with E-state index < -0.39 is 0 Å². The average molecular weight is 278 g/mol. The molecule has 0 amide bonds. The van der Waals surface area contributed by atoms with E-state index >= 15 is 0 Å². The van der Waals surface area contributed by atoms with Crippen molar-refractivity contribution in [2.75, 3.05) is 33.9 Å². The summed E-state index contributed by atoms with van der Waals surface area (Å²) in [6.45, 7) is 5.42. The van der Waals surface area contributed by atoms with Crippen molar-refractivity contribution in [3.05, 3.63) is 29.8 Å². The zero-order valence-corrected chi connectivity index (χ0v) is 12.8. The normalized spacial score (nSPS) is 21.9. The van der Waals surface area contributed by atoms with Crippen LogP contribution >= 0.6 is 0 Å². The number of benzene rings is 1. The zero-order chi connectivity index (χ0) is 14.6. The van der Waals surface area contributed by atoms with Crippen molar-refractivity contribution in [1.82, 2.24) is 4.90 Å². The molecule has 4 heteroatoms. The van der Waals surface area contributed by atoms with Crippen LogP contribution in [-0.4, -0.2) is 44.4 Å². The molecule has 112 valence electrons. The number of nitrogens with zero attached hydrogens (tertiary/aromatic N) is 1. The summed E-state index contributed by atoms with van der Waals surface area (Å²) >= 11 is 0. The van der Waals surface area contributed by atoms with Gasteiger partial charge >= 0.3 is 0 Å². The summed E-state index contributed by atoms with van der Waals surface area (Å²) in [4.78, 5) is 2.35. The molecule has 1 aliphatic rings. The van der Waals surface area contributed by atoms with Gasteiger partial charge in [-0.15, -0.1) is 0 Å². The van der Waals surface area contributed by atoms with Gasteiger partial charge in [0.25, 0.3) is 0 Å². The fraction of sp³-hybridized carbons (Fsp3) is 0.625. The lowest BCUT2D eigenvalue weighted by molar-refractivity contribution is 0.0609. The molecule has 2 atom stereocenters. The molecule has 0 aliphatic carbocycles. The lowest BCUT2D eigenvalue weighted by atomic mass is 9.83. The van der Waals surface area contributed by atoms with E-state index in [0.717, 1.165) is 31.9 Å². The predicted molar refractivity (Wildman–Crippen MR) is 80.8 cm³/mol. The molecule has 0 aromatic heterocycles. The standard InChI is InChI=1S/C16H26N2O2/c1-16(12-17,14-7-8-20-11-14)18(2)10-13-5-4-6-15(9-13)19-3/h4-6,9,14H,7-8,10-12,17H2,1-3H3. The second kappa shape index (κ2) is 6.57. The van der Waals surface area contributed by atoms with Gasteiger partial charge in [-0.2, -0.15) is 0 Å². The monoisotopic (exact) mass is 278 g/mol. The van der Waals surface area contributed by atoms with E-state index in [0.29, 0.717) is 12.5 Å². The van der Waals surface area contributed by atoms with Crippen LogP contribution in [0.15, 0.2) is 24.3 Å². The Balaban J connectivity index is 2.09. The van der Waals surface area contributed by atoms with Gasteiger partial charge in [0.1, 0.15) is 5.75 Å². The molecule has 4 nitrogen and oxygen atoms in total. The van der Waals surface area contributed by atoms with Crippen LogP contribution in [0.1, 0.15) is 18.9 Å². The Morgan fingerprint density at radius 1 is 1.50 bits per heavy atom. The second-order valence-electron chi connectivity index (χ2n) is 5.83. The minimum atomic E-state index is -0.0282. The molecule has 0 radical (unpaired) electrons. The molecule has 1 saturated heterocycles. The summed E-state index contributed by atoms with van der Waals surface area (Å²) in [6.07, 6.45) is 1.09. The number of rotatable bonds is 6. The second-order valence-corrected chi connectivity index (χ2v) is 5.83. The topological polar surface area (TPSA) is 47.7 Å². The van der Waals surface area contributed by atoms with E-state index in [9.17, 15) is 0 Å². The maximum atomic E-state index is 6.08. The number of methoxy groups -OCH3 is 1. The lowest BCUT2D eigenvalue weighted by Crippen LogP contribution is -2.54. The van der Waals surface area contributed by atoms with Gasteiger partial charge < -0.3 is 15.2 Å². The number of likely N-dealkylation sites (N-methyl/N-ethyl adjacent to an activating group) is 1. The molecule has 20 heavy (non-hydrogen) atoms. The maximum absolute atomic E-state index is 6.08. The molecule has 0 bridgehead atoms. The molecule has 1 aromatic carbocycles. The summed E-state index contributed by atoms with van der Waals surface area (Å²) < 4.78 is 10.8. The van der Waals surface area contributed by atoms with Gasteiger partial charge in [0.15, 0.2) is 0 Å². The van der Waals surface area contributed by atoms with E-state index in [-0.39, 0.29) is 5.54 Å². The zero-order valence-electron chi connectivity index (χ0n) is 12.8. The average Bonchev–Trinajstić information content (AvgIpc) is 3.01. The fourth-order valence-corrected chi connectivity index (χ4v) is 2.88. The highest BCUT2D eigenvalue weighted by Gasteiger charge is 2.38. The van der Waals surface area contributed by atoms with E-state index in [2.05, 4.69) is 31.0 Å². The van der Waals surface area contributed by atoms with E-state index in [1.807, 2.05) is 12.1 Å². The minimum Gasteiger partial charge on any atom is -0.497 e. The third kappa shape index (κ3) is 3.14. The third-order valence-electron chi connectivity index (χ3n) is 4.65. The molecule has 2 unspecified atom stereocenters. The van der Waals surface area contributed by atoms with Crippen molar-refractivity contribution in [2.45, 2.75) is 25.4 Å². The Morgan fingerprint density at radius 2 is 2.30 bits per heavy atom. The Morgan fingerprint density at radius 3 is 2.90 bits per heavy atom. The van der Waals surface area contributed by atoms with Crippen molar-refractivity contribution in [1.29, 1.82) is 0 Å². The molecule has 1 heterocycles. The van der Waals surface area contributed by atoms with Crippen LogP contribution in [0, 0.1) is 5.92 Å². The van der Waals surface area contributed by atoms with Gasteiger partial charge in [-0.05, 0) is 38.1 Å². The Bertz CT molecular complexity index is 432. The highest BCUT2D eigenvalue weighted by molar-refractivity contribution is 5.28. The largest absolute Gasteiger partial charge is 0.497 e. The Labute approximate surface area is 121 Å². The van der Waals surface area contributed by atoms with Gasteiger partial charge in [0, 0.05) is 31.2 Å². The summed E-state index contributed by atoms with van der Waals surface area (Å²) in [7, 11) is 3.84. The maximum Gasteiger partial charge on any atom is 0.119 e. The Kier molecular flexibility index (Phi) is 5.02. The first-order valence-corrected chi connectivity index (χ1v) is 7.22. The van der Waals surface area contributed by atoms with E-state index in [1.165, 1.54) is 5.56 Å². The van der Waals surface area contributed by atoms with Crippen LogP contribution in [0.3, 0.4) is 0 Å². The van der Waals surface area contributed by atoms with Gasteiger partial charge in [-0.1, -0.05) is 12.1 Å². The predicted octanol–water partition coefficient (Wildman–Crippen LogP) is 1.88. The number of nitrogens with two attached hydrogens (primary N) is 1. The number of hydrogen-bond donors (Lipinski definition) is 1. The molecule has 1 aromatic rings. The minimum absolute atomic E-state index is 0.0282. The molecular formula is C16H26N2O2. The van der Waals surface area contributed by atoms with Crippen LogP contribution in [0.25, 0.3) is 0 Å². The summed E-state index contributed by atoms with van der Waals surface area (Å²) in [5.41, 5.74) is 7.29. The van der Waals surface area contributed by atoms with Crippen LogP contribution < -0.4 is 10.5 Å². The highest BCUT2D eigenvalue weighted by atomic mass is 16.5. The fourth-order valence-electron chi connectivity index (χ4n) is 2.88. The molecule has 2 N–H and O–H groups in total. The summed E-state index contributed by atoms with van der Waals surface area (Å²) in [5.74, 6) is 1.40. The Hall–Kier alpha value is -1.10. The molecule has 0 spiro atoms. The smallest absolute Gasteiger partial charge is 0.119 e. The third-order valence-corrected chi connectivity index (χ3v) is 4.65. The lowest BCUT2D eigenvalue weighted by Gasteiger charge is -2.42. The first kappa shape index (κ1) is 15.3. The SMILES string of the molecule is COc1cccc(CN(C)C(C)(CN)C2CCOC2)c1. The van der Waals surface area contributed by atoms with Gasteiger partial charge in [-0.3, -0.25) is 4.90 Å².